The fraction of sp³-hybridized carbons (Fsp3) is 0.190. The van der Waals surface area contributed by atoms with Crippen LogP contribution in [0.15, 0.2) is 60.8 Å². The van der Waals surface area contributed by atoms with E-state index in [4.69, 9.17) is 9.72 Å². The van der Waals surface area contributed by atoms with Gasteiger partial charge in [-0.25, -0.2) is 9.67 Å². The Balaban J connectivity index is 1.33. The number of carbonyl (C=O) groups is 1. The largest absolute Gasteiger partial charge is 0.378 e. The van der Waals surface area contributed by atoms with E-state index in [-0.39, 0.29) is 5.91 Å². The van der Waals surface area contributed by atoms with Crippen LogP contribution in [0.5, 0.6) is 0 Å². The minimum Gasteiger partial charge on any atom is -0.378 e. The van der Waals surface area contributed by atoms with Crippen LogP contribution in [0.4, 0.5) is 10.8 Å². The number of carbonyl (C=O) groups excluding carboxylic acids is 1. The molecule has 2 aromatic carbocycles. The molecule has 1 N–H and O–H groups in total. The predicted molar refractivity (Wildman–Crippen MR) is 114 cm³/mol. The van der Waals surface area contributed by atoms with E-state index < -0.39 is 0 Å². The Bertz CT molecular complexity index is 1150. The minimum atomic E-state index is -0.239. The van der Waals surface area contributed by atoms with Gasteiger partial charge in [0, 0.05) is 25.0 Å². The van der Waals surface area contributed by atoms with E-state index in [9.17, 15) is 4.79 Å². The molecule has 0 unspecified atom stereocenters. The molecule has 0 saturated carbocycles. The summed E-state index contributed by atoms with van der Waals surface area (Å²) in [6.07, 6.45) is 1.78. The number of nitrogens with zero attached hydrogens (tertiary/aromatic N) is 4. The average Bonchev–Trinajstić information content (AvgIpc) is 3.42. The summed E-state index contributed by atoms with van der Waals surface area (Å²) >= 11 is 1.63. The van der Waals surface area contributed by atoms with E-state index in [0.29, 0.717) is 5.69 Å². The molecule has 2 aromatic heterocycles. The summed E-state index contributed by atoms with van der Waals surface area (Å²) in [7, 11) is 0. The lowest BCUT2D eigenvalue weighted by atomic mass is 10.3. The summed E-state index contributed by atoms with van der Waals surface area (Å²) < 4.78 is 8.14. The molecule has 5 rings (SSSR count). The fourth-order valence-electron chi connectivity index (χ4n) is 3.24. The molecule has 0 aliphatic carbocycles. The Morgan fingerprint density at radius 2 is 1.90 bits per heavy atom. The number of morpholine rings is 1. The molecule has 7 nitrogen and oxygen atoms in total. The number of ether oxygens (including phenoxy) is 1. The van der Waals surface area contributed by atoms with Gasteiger partial charge in [0.25, 0.3) is 5.91 Å². The van der Waals surface area contributed by atoms with Gasteiger partial charge in [-0.2, -0.15) is 5.10 Å². The first kappa shape index (κ1) is 17.8. The SMILES string of the molecule is O=C(Nc1ccc2nc(N3CCOCC3)sc2c1)c1ccn(-c2ccccc2)n1. The number of para-hydroxylation sites is 1. The summed E-state index contributed by atoms with van der Waals surface area (Å²) in [6.45, 7) is 3.17. The Hall–Kier alpha value is -3.23. The zero-order chi connectivity index (χ0) is 19.6. The van der Waals surface area contributed by atoms with Gasteiger partial charge >= 0.3 is 0 Å². The zero-order valence-corrected chi connectivity index (χ0v) is 16.4. The van der Waals surface area contributed by atoms with E-state index in [2.05, 4.69) is 15.3 Å². The van der Waals surface area contributed by atoms with Gasteiger partial charge in [0.2, 0.25) is 0 Å². The lowest BCUT2D eigenvalue weighted by Gasteiger charge is -2.25. The van der Waals surface area contributed by atoms with Gasteiger partial charge in [0.15, 0.2) is 10.8 Å². The lowest BCUT2D eigenvalue weighted by Crippen LogP contribution is -2.36. The van der Waals surface area contributed by atoms with E-state index in [1.54, 1.807) is 28.3 Å². The number of anilines is 2. The molecule has 1 aliphatic heterocycles. The molecule has 4 aromatic rings. The van der Waals surface area contributed by atoms with Gasteiger partial charge in [-0.15, -0.1) is 0 Å². The average molecular weight is 405 g/mol. The molecule has 1 aliphatic rings. The van der Waals surface area contributed by atoms with Crippen molar-refractivity contribution in [2.24, 2.45) is 0 Å². The number of hydrogen-bond donors (Lipinski definition) is 1. The molecule has 29 heavy (non-hydrogen) atoms. The number of amides is 1. The van der Waals surface area contributed by atoms with Crippen LogP contribution in [-0.2, 0) is 4.74 Å². The second-order valence-corrected chi connectivity index (χ2v) is 7.72. The van der Waals surface area contributed by atoms with E-state index >= 15 is 0 Å². The summed E-state index contributed by atoms with van der Waals surface area (Å²) in [6, 6.07) is 17.2. The van der Waals surface area contributed by atoms with Crippen LogP contribution in [-0.4, -0.2) is 47.0 Å². The zero-order valence-electron chi connectivity index (χ0n) is 15.6. The van der Waals surface area contributed by atoms with Gasteiger partial charge in [0.05, 0.1) is 29.1 Å². The van der Waals surface area contributed by atoms with Crippen molar-refractivity contribution >= 4 is 38.3 Å². The highest BCUT2D eigenvalue weighted by Crippen LogP contribution is 2.31. The van der Waals surface area contributed by atoms with Crippen LogP contribution >= 0.6 is 11.3 Å². The number of hydrogen-bond acceptors (Lipinski definition) is 6. The monoisotopic (exact) mass is 405 g/mol. The van der Waals surface area contributed by atoms with Gasteiger partial charge in [0.1, 0.15) is 0 Å². The Labute approximate surface area is 171 Å². The third-order valence-electron chi connectivity index (χ3n) is 4.76. The van der Waals surface area contributed by atoms with Crippen LogP contribution in [0, 0.1) is 0 Å². The lowest BCUT2D eigenvalue weighted by molar-refractivity contribution is 0.102. The molecule has 0 atom stereocenters. The van der Waals surface area contributed by atoms with E-state index in [1.807, 2.05) is 48.5 Å². The number of nitrogens with one attached hydrogen (secondary N) is 1. The Kier molecular flexibility index (Phi) is 4.71. The van der Waals surface area contributed by atoms with Crippen LogP contribution < -0.4 is 10.2 Å². The second-order valence-electron chi connectivity index (χ2n) is 6.71. The molecular weight excluding hydrogens is 386 g/mol. The third kappa shape index (κ3) is 3.72. The Morgan fingerprint density at radius 3 is 2.72 bits per heavy atom. The van der Waals surface area contributed by atoms with Crippen LogP contribution in [0.25, 0.3) is 15.9 Å². The number of benzene rings is 2. The van der Waals surface area contributed by atoms with E-state index in [1.165, 1.54) is 0 Å². The van der Waals surface area contributed by atoms with Crippen molar-refractivity contribution in [1.29, 1.82) is 0 Å². The summed E-state index contributed by atoms with van der Waals surface area (Å²) in [5.41, 5.74) is 2.94. The Morgan fingerprint density at radius 1 is 1.07 bits per heavy atom. The molecule has 0 radical (unpaired) electrons. The summed E-state index contributed by atoms with van der Waals surface area (Å²) in [4.78, 5) is 19.6. The van der Waals surface area contributed by atoms with E-state index in [0.717, 1.165) is 53.0 Å². The predicted octanol–water partition coefficient (Wildman–Crippen LogP) is 3.57. The van der Waals surface area contributed by atoms with Crippen molar-refractivity contribution in [1.82, 2.24) is 14.8 Å². The number of fused-ring (bicyclic) bond motifs is 1. The van der Waals surface area contributed by atoms with Crippen molar-refractivity contribution in [3.8, 4) is 5.69 Å². The quantitative estimate of drug-likeness (QED) is 0.562. The van der Waals surface area contributed by atoms with Crippen molar-refractivity contribution < 1.29 is 9.53 Å². The maximum atomic E-state index is 12.6. The number of rotatable bonds is 4. The van der Waals surface area contributed by atoms with Gasteiger partial charge in [-0.05, 0) is 36.4 Å². The molecule has 146 valence electrons. The highest BCUT2D eigenvalue weighted by molar-refractivity contribution is 7.22. The van der Waals surface area contributed by atoms with Gasteiger partial charge < -0.3 is 15.0 Å². The standard InChI is InChI=1S/C21H19N5O2S/c27-20(18-8-9-26(24-18)16-4-2-1-3-5-16)22-15-6-7-17-19(14-15)29-21(23-17)25-10-12-28-13-11-25/h1-9,14H,10-13H2,(H,22,27). The van der Waals surface area contributed by atoms with Crippen molar-refractivity contribution in [2.75, 3.05) is 36.5 Å². The highest BCUT2D eigenvalue weighted by Gasteiger charge is 2.16. The van der Waals surface area contributed by atoms with Gasteiger partial charge in [-0.3, -0.25) is 4.79 Å². The first-order chi connectivity index (χ1) is 14.3. The first-order valence-corrected chi connectivity index (χ1v) is 10.2. The molecular formula is C21H19N5O2S. The van der Waals surface area contributed by atoms with Crippen molar-refractivity contribution in [3.63, 3.8) is 0 Å². The number of aromatic nitrogens is 3. The van der Waals surface area contributed by atoms with Crippen LogP contribution in [0.1, 0.15) is 10.5 Å². The molecule has 3 heterocycles. The topological polar surface area (TPSA) is 72.3 Å². The van der Waals surface area contributed by atoms with Crippen LogP contribution in [0.2, 0.25) is 0 Å². The first-order valence-electron chi connectivity index (χ1n) is 9.42. The molecule has 8 heteroatoms. The van der Waals surface area contributed by atoms with Crippen molar-refractivity contribution in [2.45, 2.75) is 0 Å². The molecule has 1 fully saturated rings. The smallest absolute Gasteiger partial charge is 0.276 e. The molecule has 0 bridgehead atoms. The fourth-order valence-corrected chi connectivity index (χ4v) is 4.30. The maximum absolute atomic E-state index is 12.6. The summed E-state index contributed by atoms with van der Waals surface area (Å²) in [5.74, 6) is -0.239. The van der Waals surface area contributed by atoms with Gasteiger partial charge in [-0.1, -0.05) is 29.5 Å². The molecule has 1 saturated heterocycles. The third-order valence-corrected chi connectivity index (χ3v) is 5.84. The molecule has 1 amide bonds. The molecule has 0 spiro atoms. The minimum absolute atomic E-state index is 0.239. The van der Waals surface area contributed by atoms with Crippen molar-refractivity contribution in [3.05, 3.63) is 66.5 Å². The second kappa shape index (κ2) is 7.65. The van der Waals surface area contributed by atoms with Crippen LogP contribution in [0.3, 0.4) is 0 Å². The summed E-state index contributed by atoms with van der Waals surface area (Å²) in [5, 5.41) is 8.31. The highest BCUT2D eigenvalue weighted by atomic mass is 32.1. The normalized spacial score (nSPS) is 14.3. The number of thiazole rings is 1. The maximum Gasteiger partial charge on any atom is 0.276 e.